The summed E-state index contributed by atoms with van der Waals surface area (Å²) >= 11 is 3.17. The zero-order valence-corrected chi connectivity index (χ0v) is 10.6. The van der Waals surface area contributed by atoms with Gasteiger partial charge in [0, 0.05) is 13.0 Å². The van der Waals surface area contributed by atoms with Gasteiger partial charge >= 0.3 is 0 Å². The van der Waals surface area contributed by atoms with E-state index >= 15 is 0 Å². The van der Waals surface area contributed by atoms with Crippen molar-refractivity contribution < 1.29 is 4.52 Å². The molecule has 0 saturated carbocycles. The second-order valence-electron chi connectivity index (χ2n) is 3.34. The van der Waals surface area contributed by atoms with Crippen LogP contribution in [0.4, 0.5) is 5.69 Å². The molecular weight excluding hydrogens is 290 g/mol. The van der Waals surface area contributed by atoms with Crippen LogP contribution in [-0.2, 0) is 6.42 Å². The van der Waals surface area contributed by atoms with Crippen molar-refractivity contribution in [3.63, 3.8) is 0 Å². The third-order valence-corrected chi connectivity index (χ3v) is 2.81. The molecule has 2 aromatic heterocycles. The van der Waals surface area contributed by atoms with Gasteiger partial charge in [0.15, 0.2) is 5.82 Å². The molecule has 0 aliphatic heterocycles. The van der Waals surface area contributed by atoms with Crippen LogP contribution in [0, 0.1) is 6.92 Å². The minimum Gasteiger partial charge on any atom is -0.382 e. The Balaban J connectivity index is 1.94. The van der Waals surface area contributed by atoms with Crippen molar-refractivity contribution in [3.05, 3.63) is 32.7 Å². The van der Waals surface area contributed by atoms with E-state index in [0.29, 0.717) is 34.8 Å². The Bertz CT molecular complexity index is 565. The summed E-state index contributed by atoms with van der Waals surface area (Å²) in [5, 5.41) is 12.7. The number of nitrogens with one attached hydrogen (secondary N) is 2. The predicted octanol–water partition coefficient (Wildman–Crippen LogP) is 0.878. The number of aromatic amines is 1. The van der Waals surface area contributed by atoms with Crippen LogP contribution in [0.1, 0.15) is 11.7 Å². The maximum absolute atomic E-state index is 11.2. The molecule has 0 bridgehead atoms. The van der Waals surface area contributed by atoms with Crippen molar-refractivity contribution in [2.75, 3.05) is 11.9 Å². The Morgan fingerprint density at radius 3 is 3.12 bits per heavy atom. The van der Waals surface area contributed by atoms with Gasteiger partial charge < -0.3 is 9.84 Å². The van der Waals surface area contributed by atoms with Crippen LogP contribution in [0.5, 0.6) is 0 Å². The number of H-pyrrole nitrogens is 1. The molecule has 2 N–H and O–H groups in total. The van der Waals surface area contributed by atoms with E-state index in [1.54, 1.807) is 6.92 Å². The lowest BCUT2D eigenvalue weighted by Crippen LogP contribution is -2.13. The summed E-state index contributed by atoms with van der Waals surface area (Å²) in [6.45, 7) is 2.34. The zero-order valence-electron chi connectivity index (χ0n) is 9.03. The monoisotopic (exact) mass is 299 g/mol. The van der Waals surface area contributed by atoms with Crippen molar-refractivity contribution in [1.29, 1.82) is 0 Å². The molecule has 0 aromatic carbocycles. The molecule has 90 valence electrons. The van der Waals surface area contributed by atoms with E-state index in [2.05, 4.69) is 41.6 Å². The first-order valence-corrected chi connectivity index (χ1v) is 5.72. The molecule has 0 spiro atoms. The van der Waals surface area contributed by atoms with E-state index in [4.69, 9.17) is 4.52 Å². The van der Waals surface area contributed by atoms with E-state index in [1.807, 2.05) is 0 Å². The Morgan fingerprint density at radius 1 is 1.59 bits per heavy atom. The van der Waals surface area contributed by atoms with Crippen molar-refractivity contribution >= 4 is 21.6 Å². The average Bonchev–Trinajstić information content (AvgIpc) is 2.70. The SMILES string of the molecule is Cc1noc(CCNc2cn[nH]c(=O)c2Br)n1. The summed E-state index contributed by atoms with van der Waals surface area (Å²) in [7, 11) is 0. The second kappa shape index (κ2) is 5.09. The van der Waals surface area contributed by atoms with Crippen LogP contribution in [0.3, 0.4) is 0 Å². The van der Waals surface area contributed by atoms with Crippen molar-refractivity contribution in [2.24, 2.45) is 0 Å². The fourth-order valence-corrected chi connectivity index (χ4v) is 1.58. The number of hydrogen-bond donors (Lipinski definition) is 2. The standard InChI is InChI=1S/C9H10BrN5O2/c1-5-13-7(17-15-5)2-3-11-6-4-12-14-9(16)8(6)10/h4H,2-3H2,1H3,(H2,11,14,16). The highest BCUT2D eigenvalue weighted by atomic mass is 79.9. The van der Waals surface area contributed by atoms with E-state index in [9.17, 15) is 4.79 Å². The third-order valence-electron chi connectivity index (χ3n) is 2.02. The molecule has 0 fully saturated rings. The first kappa shape index (κ1) is 11.8. The molecule has 8 heteroatoms. The van der Waals surface area contributed by atoms with Gasteiger partial charge in [0.2, 0.25) is 5.89 Å². The Morgan fingerprint density at radius 2 is 2.41 bits per heavy atom. The molecule has 7 nitrogen and oxygen atoms in total. The molecule has 17 heavy (non-hydrogen) atoms. The fraction of sp³-hybridized carbons (Fsp3) is 0.333. The quantitative estimate of drug-likeness (QED) is 0.870. The normalized spacial score (nSPS) is 10.5. The molecule has 2 aromatic rings. The lowest BCUT2D eigenvalue weighted by atomic mass is 10.4. The molecule has 0 saturated heterocycles. The molecule has 0 amide bonds. The van der Waals surface area contributed by atoms with Crippen LogP contribution in [0.25, 0.3) is 0 Å². The minimum absolute atomic E-state index is 0.274. The molecule has 0 aliphatic rings. The molecular formula is C9H10BrN5O2. The number of aromatic nitrogens is 4. The van der Waals surface area contributed by atoms with Crippen molar-refractivity contribution in [1.82, 2.24) is 20.3 Å². The highest BCUT2D eigenvalue weighted by molar-refractivity contribution is 9.10. The van der Waals surface area contributed by atoms with E-state index in [-0.39, 0.29) is 5.56 Å². The molecule has 0 aliphatic carbocycles. The largest absolute Gasteiger partial charge is 0.382 e. The lowest BCUT2D eigenvalue weighted by Gasteiger charge is -2.04. The van der Waals surface area contributed by atoms with E-state index < -0.39 is 0 Å². The Hall–Kier alpha value is -1.70. The van der Waals surface area contributed by atoms with Gasteiger partial charge in [0.1, 0.15) is 4.47 Å². The molecule has 0 radical (unpaired) electrons. The molecule has 2 rings (SSSR count). The highest BCUT2D eigenvalue weighted by Crippen LogP contribution is 2.14. The van der Waals surface area contributed by atoms with Gasteiger partial charge in [-0.25, -0.2) is 5.10 Å². The van der Waals surface area contributed by atoms with Gasteiger partial charge in [-0.3, -0.25) is 4.79 Å². The number of anilines is 1. The fourth-order valence-electron chi connectivity index (χ4n) is 1.25. The summed E-state index contributed by atoms with van der Waals surface area (Å²) in [5.74, 6) is 1.17. The minimum atomic E-state index is -0.274. The van der Waals surface area contributed by atoms with Crippen molar-refractivity contribution in [3.8, 4) is 0 Å². The molecule has 2 heterocycles. The summed E-state index contributed by atoms with van der Waals surface area (Å²) in [4.78, 5) is 15.3. The van der Waals surface area contributed by atoms with E-state index in [1.165, 1.54) is 6.20 Å². The van der Waals surface area contributed by atoms with Crippen LogP contribution < -0.4 is 10.9 Å². The number of rotatable bonds is 4. The van der Waals surface area contributed by atoms with Crippen LogP contribution in [-0.4, -0.2) is 26.9 Å². The summed E-state index contributed by atoms with van der Waals surface area (Å²) in [6, 6.07) is 0. The maximum Gasteiger partial charge on any atom is 0.280 e. The van der Waals surface area contributed by atoms with Gasteiger partial charge in [-0.15, -0.1) is 0 Å². The predicted molar refractivity (Wildman–Crippen MR) is 63.8 cm³/mol. The highest BCUT2D eigenvalue weighted by Gasteiger charge is 2.05. The maximum atomic E-state index is 11.2. The van der Waals surface area contributed by atoms with Gasteiger partial charge in [-0.05, 0) is 22.9 Å². The van der Waals surface area contributed by atoms with Gasteiger partial charge in [-0.2, -0.15) is 10.1 Å². The topological polar surface area (TPSA) is 96.7 Å². The second-order valence-corrected chi connectivity index (χ2v) is 4.13. The van der Waals surface area contributed by atoms with Crippen LogP contribution in [0.15, 0.2) is 20.0 Å². The summed E-state index contributed by atoms with van der Waals surface area (Å²) in [6.07, 6.45) is 2.12. The number of nitrogens with zero attached hydrogens (tertiary/aromatic N) is 3. The summed E-state index contributed by atoms with van der Waals surface area (Å²) in [5.41, 5.74) is 0.355. The first-order valence-electron chi connectivity index (χ1n) is 4.93. The Labute approximate surface area is 105 Å². The van der Waals surface area contributed by atoms with Gasteiger partial charge in [-0.1, -0.05) is 5.16 Å². The van der Waals surface area contributed by atoms with Crippen molar-refractivity contribution in [2.45, 2.75) is 13.3 Å². The molecule has 0 unspecified atom stereocenters. The summed E-state index contributed by atoms with van der Waals surface area (Å²) < 4.78 is 5.39. The number of hydrogen-bond acceptors (Lipinski definition) is 6. The smallest absolute Gasteiger partial charge is 0.280 e. The Kier molecular flexibility index (Phi) is 3.52. The number of halogens is 1. The average molecular weight is 300 g/mol. The number of aryl methyl sites for hydroxylation is 1. The van der Waals surface area contributed by atoms with Crippen LogP contribution >= 0.6 is 15.9 Å². The van der Waals surface area contributed by atoms with E-state index in [0.717, 1.165) is 0 Å². The van der Waals surface area contributed by atoms with Crippen LogP contribution in [0.2, 0.25) is 0 Å². The molecule has 0 atom stereocenters. The zero-order chi connectivity index (χ0) is 12.3. The van der Waals surface area contributed by atoms with Gasteiger partial charge in [0.25, 0.3) is 5.56 Å². The lowest BCUT2D eigenvalue weighted by molar-refractivity contribution is 0.377. The van der Waals surface area contributed by atoms with Gasteiger partial charge in [0.05, 0.1) is 11.9 Å². The first-order chi connectivity index (χ1) is 8.16. The third kappa shape index (κ3) is 2.90.